The zero-order chi connectivity index (χ0) is 14.9. The van der Waals surface area contributed by atoms with E-state index in [1.165, 1.54) is 0 Å². The highest BCUT2D eigenvalue weighted by Gasteiger charge is 2.38. The quantitative estimate of drug-likeness (QED) is 0.896. The van der Waals surface area contributed by atoms with E-state index in [-0.39, 0.29) is 5.41 Å². The topological polar surface area (TPSA) is 74.2 Å². The molecule has 1 aliphatic heterocycles. The lowest BCUT2D eigenvalue weighted by molar-refractivity contribution is 0.0409. The van der Waals surface area contributed by atoms with Crippen LogP contribution >= 0.6 is 27.5 Å². The molecule has 2 aromatic rings. The number of benzene rings is 1. The smallest absolute Gasteiger partial charge is 0.234 e. The third kappa shape index (κ3) is 2.85. The summed E-state index contributed by atoms with van der Waals surface area (Å²) in [4.78, 5) is 4.54. The van der Waals surface area contributed by atoms with Crippen LogP contribution < -0.4 is 5.73 Å². The molecule has 1 aromatic heterocycles. The maximum atomic E-state index is 6.00. The molecule has 0 spiro atoms. The van der Waals surface area contributed by atoms with E-state index >= 15 is 0 Å². The van der Waals surface area contributed by atoms with E-state index in [1.807, 2.05) is 12.1 Å². The molecule has 0 saturated carbocycles. The molecule has 21 heavy (non-hydrogen) atoms. The van der Waals surface area contributed by atoms with Gasteiger partial charge in [0.1, 0.15) is 0 Å². The SMILES string of the molecule is NCC1(c2nc(-c3ccc(Cl)c(Br)c3)no2)CCOCC1. The number of ether oxygens (including phenoxy) is 1. The standard InChI is InChI=1S/C14H15BrClN3O2/c15-10-7-9(1-2-11(10)16)12-18-13(21-19-12)14(8-17)3-5-20-6-4-14/h1-2,7H,3-6,8,17H2. The molecule has 0 radical (unpaired) electrons. The monoisotopic (exact) mass is 371 g/mol. The Kier molecular flexibility index (Phi) is 4.31. The summed E-state index contributed by atoms with van der Waals surface area (Å²) in [5.74, 6) is 1.14. The summed E-state index contributed by atoms with van der Waals surface area (Å²) in [6, 6.07) is 5.53. The van der Waals surface area contributed by atoms with Gasteiger partial charge in [-0.15, -0.1) is 0 Å². The molecule has 1 fully saturated rings. The van der Waals surface area contributed by atoms with Crippen molar-refractivity contribution in [2.45, 2.75) is 18.3 Å². The Balaban J connectivity index is 1.93. The molecule has 0 aliphatic carbocycles. The minimum Gasteiger partial charge on any atom is -0.381 e. The molecule has 0 bridgehead atoms. The Bertz CT molecular complexity index is 641. The van der Waals surface area contributed by atoms with E-state index < -0.39 is 0 Å². The van der Waals surface area contributed by atoms with Gasteiger partial charge >= 0.3 is 0 Å². The van der Waals surface area contributed by atoms with Crippen LogP contribution in [0.25, 0.3) is 11.4 Å². The van der Waals surface area contributed by atoms with E-state index in [4.69, 9.17) is 26.6 Å². The van der Waals surface area contributed by atoms with Gasteiger partial charge in [0.15, 0.2) is 0 Å². The number of nitrogens with zero attached hydrogens (tertiary/aromatic N) is 2. The van der Waals surface area contributed by atoms with Gasteiger partial charge in [-0.3, -0.25) is 0 Å². The van der Waals surface area contributed by atoms with Crippen molar-refractivity contribution in [1.29, 1.82) is 0 Å². The fraction of sp³-hybridized carbons (Fsp3) is 0.429. The van der Waals surface area contributed by atoms with Crippen molar-refractivity contribution >= 4 is 27.5 Å². The first-order chi connectivity index (χ1) is 10.1. The molecule has 1 saturated heterocycles. The molecule has 3 rings (SSSR count). The molecule has 112 valence electrons. The predicted molar refractivity (Wildman–Crippen MR) is 83.2 cm³/mol. The van der Waals surface area contributed by atoms with Gasteiger partial charge in [0.05, 0.1) is 10.4 Å². The maximum Gasteiger partial charge on any atom is 0.234 e. The van der Waals surface area contributed by atoms with E-state index in [1.54, 1.807) is 6.07 Å². The van der Waals surface area contributed by atoms with Crippen LogP contribution in [0.5, 0.6) is 0 Å². The number of aromatic nitrogens is 2. The summed E-state index contributed by atoms with van der Waals surface area (Å²) in [5, 5.41) is 4.72. The first-order valence-corrected chi connectivity index (χ1v) is 7.89. The minimum absolute atomic E-state index is 0.271. The largest absolute Gasteiger partial charge is 0.381 e. The van der Waals surface area contributed by atoms with Crippen LogP contribution in [0.4, 0.5) is 0 Å². The van der Waals surface area contributed by atoms with Crippen molar-refractivity contribution in [2.24, 2.45) is 5.73 Å². The molecular formula is C14H15BrClN3O2. The second-order valence-electron chi connectivity index (χ2n) is 5.15. The van der Waals surface area contributed by atoms with Gasteiger partial charge in [-0.25, -0.2) is 0 Å². The second-order valence-corrected chi connectivity index (χ2v) is 6.41. The number of hydrogen-bond donors (Lipinski definition) is 1. The average Bonchev–Trinajstić information content (AvgIpc) is 3.01. The van der Waals surface area contributed by atoms with E-state index in [9.17, 15) is 0 Å². The fourth-order valence-electron chi connectivity index (χ4n) is 2.46. The van der Waals surface area contributed by atoms with Crippen molar-refractivity contribution in [2.75, 3.05) is 19.8 Å². The molecular weight excluding hydrogens is 358 g/mol. The van der Waals surface area contributed by atoms with Crippen LogP contribution in [-0.4, -0.2) is 29.9 Å². The van der Waals surface area contributed by atoms with Crippen LogP contribution in [0.3, 0.4) is 0 Å². The van der Waals surface area contributed by atoms with Gasteiger partial charge in [-0.2, -0.15) is 4.98 Å². The molecule has 2 heterocycles. The predicted octanol–water partition coefficient (Wildman–Crippen LogP) is 3.16. The zero-order valence-corrected chi connectivity index (χ0v) is 13.7. The van der Waals surface area contributed by atoms with Crippen LogP contribution in [-0.2, 0) is 10.2 Å². The normalized spacial score (nSPS) is 17.9. The molecule has 5 nitrogen and oxygen atoms in total. The van der Waals surface area contributed by atoms with Gasteiger partial charge in [0.2, 0.25) is 11.7 Å². The van der Waals surface area contributed by atoms with E-state index in [0.29, 0.717) is 36.5 Å². The van der Waals surface area contributed by atoms with Gasteiger partial charge < -0.3 is 15.0 Å². The first kappa shape index (κ1) is 15.0. The molecule has 1 aromatic carbocycles. The van der Waals surface area contributed by atoms with Gasteiger partial charge in [0.25, 0.3) is 0 Å². The van der Waals surface area contributed by atoms with Crippen LogP contribution in [0.1, 0.15) is 18.7 Å². The summed E-state index contributed by atoms with van der Waals surface area (Å²) in [6.07, 6.45) is 1.60. The van der Waals surface area contributed by atoms with E-state index in [0.717, 1.165) is 22.9 Å². The second kappa shape index (κ2) is 6.04. The number of hydrogen-bond acceptors (Lipinski definition) is 5. The minimum atomic E-state index is -0.271. The van der Waals surface area contributed by atoms with Gasteiger partial charge in [0, 0.05) is 29.8 Å². The van der Waals surface area contributed by atoms with Gasteiger partial charge in [-0.05, 0) is 47.0 Å². The lowest BCUT2D eigenvalue weighted by Gasteiger charge is -2.32. The van der Waals surface area contributed by atoms with Crippen molar-refractivity contribution < 1.29 is 9.26 Å². The fourth-order valence-corrected chi connectivity index (χ4v) is 2.96. The Morgan fingerprint density at radius 2 is 2.10 bits per heavy atom. The number of nitrogens with two attached hydrogens (primary N) is 1. The van der Waals surface area contributed by atoms with Crippen LogP contribution in [0.15, 0.2) is 27.2 Å². The Morgan fingerprint density at radius 3 is 2.76 bits per heavy atom. The summed E-state index contributed by atoms with van der Waals surface area (Å²) < 4.78 is 11.7. The summed E-state index contributed by atoms with van der Waals surface area (Å²) in [6.45, 7) is 1.81. The number of halogens is 2. The molecule has 7 heteroatoms. The molecule has 0 atom stereocenters. The van der Waals surface area contributed by atoms with Crippen molar-refractivity contribution in [3.63, 3.8) is 0 Å². The maximum absolute atomic E-state index is 6.00. The molecule has 0 amide bonds. The zero-order valence-electron chi connectivity index (χ0n) is 11.3. The average molecular weight is 373 g/mol. The lowest BCUT2D eigenvalue weighted by Crippen LogP contribution is -2.40. The summed E-state index contributed by atoms with van der Waals surface area (Å²) >= 11 is 9.39. The Labute approximate surface area is 135 Å². The highest BCUT2D eigenvalue weighted by molar-refractivity contribution is 9.10. The summed E-state index contributed by atoms with van der Waals surface area (Å²) in [5.41, 5.74) is 6.53. The molecule has 2 N–H and O–H groups in total. The van der Waals surface area contributed by atoms with Crippen LogP contribution in [0, 0.1) is 0 Å². The van der Waals surface area contributed by atoms with E-state index in [2.05, 4.69) is 26.1 Å². The molecule has 1 aliphatic rings. The summed E-state index contributed by atoms with van der Waals surface area (Å²) in [7, 11) is 0. The van der Waals surface area contributed by atoms with Crippen molar-refractivity contribution in [3.05, 3.63) is 33.6 Å². The lowest BCUT2D eigenvalue weighted by atomic mass is 9.80. The van der Waals surface area contributed by atoms with Crippen molar-refractivity contribution in [1.82, 2.24) is 10.1 Å². The number of rotatable bonds is 3. The van der Waals surface area contributed by atoms with Crippen LogP contribution in [0.2, 0.25) is 5.02 Å². The Morgan fingerprint density at radius 1 is 1.33 bits per heavy atom. The highest BCUT2D eigenvalue weighted by Crippen LogP contribution is 2.34. The Hall–Kier alpha value is -0.950. The highest BCUT2D eigenvalue weighted by atomic mass is 79.9. The van der Waals surface area contributed by atoms with Crippen molar-refractivity contribution in [3.8, 4) is 11.4 Å². The van der Waals surface area contributed by atoms with Gasteiger partial charge in [-0.1, -0.05) is 16.8 Å². The molecule has 0 unspecified atom stereocenters. The third-order valence-electron chi connectivity index (χ3n) is 3.90. The third-order valence-corrected chi connectivity index (χ3v) is 5.11. The first-order valence-electron chi connectivity index (χ1n) is 6.72.